The van der Waals surface area contributed by atoms with Crippen LogP contribution < -0.4 is 15.8 Å². The molecule has 4 heterocycles. The zero-order chi connectivity index (χ0) is 22.9. The van der Waals surface area contributed by atoms with Crippen LogP contribution in [0.5, 0.6) is 0 Å². The van der Waals surface area contributed by atoms with Crippen molar-refractivity contribution < 1.29 is 9.18 Å². The van der Waals surface area contributed by atoms with E-state index < -0.39 is 12.1 Å². The third-order valence-corrected chi connectivity index (χ3v) is 6.40. The lowest BCUT2D eigenvalue weighted by molar-refractivity contribution is -0.117. The number of hydrogen-bond donors (Lipinski definition) is 2. The predicted molar refractivity (Wildman–Crippen MR) is 125 cm³/mol. The van der Waals surface area contributed by atoms with Gasteiger partial charge in [-0.15, -0.1) is 0 Å². The molecule has 1 amide bonds. The van der Waals surface area contributed by atoms with Gasteiger partial charge in [-0.2, -0.15) is 0 Å². The average molecular weight is 451 g/mol. The number of carbonyl (C=O) groups excluding carboxylic acids is 1. The van der Waals surface area contributed by atoms with Gasteiger partial charge in [0.05, 0.1) is 28.8 Å². The van der Waals surface area contributed by atoms with Crippen LogP contribution in [-0.2, 0) is 17.8 Å². The molecule has 2 fully saturated rings. The van der Waals surface area contributed by atoms with Crippen LogP contribution in [0.3, 0.4) is 0 Å². The van der Waals surface area contributed by atoms with Crippen LogP contribution in [0.15, 0.2) is 41.5 Å². The van der Waals surface area contributed by atoms with E-state index in [0.29, 0.717) is 18.7 Å². The molecule has 1 saturated carbocycles. The van der Waals surface area contributed by atoms with Gasteiger partial charge in [0.2, 0.25) is 5.91 Å². The maximum Gasteiger partial charge on any atom is 0.251 e. The number of carbonyl (C=O) groups is 1. The highest BCUT2D eigenvalue weighted by atomic mass is 19.1. The molecular weight excluding hydrogens is 423 g/mol. The minimum Gasteiger partial charge on any atom is -0.368 e. The first-order chi connectivity index (χ1) is 16.0. The number of anilines is 2. The third kappa shape index (κ3) is 4.73. The molecule has 0 spiro atoms. The molecule has 3 aromatic rings. The van der Waals surface area contributed by atoms with E-state index >= 15 is 0 Å². The van der Waals surface area contributed by atoms with Crippen molar-refractivity contribution in [2.75, 3.05) is 36.4 Å². The summed E-state index contributed by atoms with van der Waals surface area (Å²) in [6.45, 7) is 6.23. The van der Waals surface area contributed by atoms with Crippen LogP contribution in [-0.4, -0.2) is 58.1 Å². The molecule has 1 aliphatic carbocycles. The van der Waals surface area contributed by atoms with Crippen LogP contribution in [0.4, 0.5) is 15.9 Å². The highest BCUT2D eigenvalue weighted by Crippen LogP contribution is 2.34. The smallest absolute Gasteiger partial charge is 0.251 e. The summed E-state index contributed by atoms with van der Waals surface area (Å²) in [6.07, 6.45) is 3.62. The van der Waals surface area contributed by atoms with Gasteiger partial charge in [-0.05, 0) is 42.7 Å². The van der Waals surface area contributed by atoms with Gasteiger partial charge >= 0.3 is 0 Å². The largest absolute Gasteiger partial charge is 0.368 e. The Balaban J connectivity index is 1.16. The van der Waals surface area contributed by atoms with Gasteiger partial charge in [-0.25, -0.2) is 9.37 Å². The summed E-state index contributed by atoms with van der Waals surface area (Å²) in [4.78, 5) is 40.4. The van der Waals surface area contributed by atoms with Gasteiger partial charge in [-0.3, -0.25) is 19.5 Å². The van der Waals surface area contributed by atoms with Crippen LogP contribution in [0, 0.1) is 5.92 Å². The van der Waals surface area contributed by atoms with E-state index in [-0.39, 0.29) is 11.5 Å². The maximum absolute atomic E-state index is 13.0. The average Bonchev–Trinajstić information content (AvgIpc) is 3.56. The van der Waals surface area contributed by atoms with E-state index in [9.17, 15) is 14.0 Å². The van der Waals surface area contributed by atoms with Crippen LogP contribution in [0.1, 0.15) is 24.5 Å². The molecule has 3 aromatic heterocycles. The predicted octanol–water partition coefficient (Wildman–Crippen LogP) is 2.50. The van der Waals surface area contributed by atoms with Crippen molar-refractivity contribution in [3.63, 3.8) is 0 Å². The first kappa shape index (κ1) is 21.5. The van der Waals surface area contributed by atoms with Gasteiger partial charge in [-0.1, -0.05) is 6.92 Å². The topological polar surface area (TPSA) is 94.2 Å². The number of nitrogens with zero attached hydrogens (tertiary/aromatic N) is 4. The number of rotatable bonds is 6. The summed E-state index contributed by atoms with van der Waals surface area (Å²) in [5.74, 6) is -0.366. The fourth-order valence-electron chi connectivity index (χ4n) is 4.24. The number of aryl methyl sites for hydroxylation is 1. The van der Waals surface area contributed by atoms with Crippen molar-refractivity contribution in [2.24, 2.45) is 5.92 Å². The quantitative estimate of drug-likeness (QED) is 0.599. The molecule has 1 saturated heterocycles. The lowest BCUT2D eigenvalue weighted by Crippen LogP contribution is -2.46. The summed E-state index contributed by atoms with van der Waals surface area (Å²) in [5, 5.41) is 2.68. The molecule has 0 bridgehead atoms. The van der Waals surface area contributed by atoms with Crippen molar-refractivity contribution >= 4 is 28.4 Å². The van der Waals surface area contributed by atoms with Gasteiger partial charge in [0, 0.05) is 44.5 Å². The van der Waals surface area contributed by atoms with Crippen molar-refractivity contribution in [2.45, 2.75) is 32.5 Å². The van der Waals surface area contributed by atoms with E-state index in [4.69, 9.17) is 0 Å². The second kappa shape index (κ2) is 8.90. The SMILES string of the molecule is CCc1cc2ncc(CN3CCN(c4ccc(NC(=O)[C@@H]5C[C@H]5F)nc4)CC3)cc2[nH]c1=O. The van der Waals surface area contributed by atoms with Crippen molar-refractivity contribution in [1.29, 1.82) is 0 Å². The number of hydrogen-bond acceptors (Lipinski definition) is 6. The van der Waals surface area contributed by atoms with Gasteiger partial charge < -0.3 is 15.2 Å². The van der Waals surface area contributed by atoms with Crippen LogP contribution in [0.25, 0.3) is 11.0 Å². The summed E-state index contributed by atoms with van der Waals surface area (Å²) in [6, 6.07) is 7.58. The van der Waals surface area contributed by atoms with Crippen LogP contribution in [0.2, 0.25) is 0 Å². The molecule has 8 nitrogen and oxygen atoms in total. The Labute approximate surface area is 190 Å². The molecule has 0 aromatic carbocycles. The van der Waals surface area contributed by atoms with Gasteiger partial charge in [0.15, 0.2) is 0 Å². The van der Waals surface area contributed by atoms with E-state index in [0.717, 1.165) is 60.6 Å². The fraction of sp³-hybridized carbons (Fsp3) is 0.417. The fourth-order valence-corrected chi connectivity index (χ4v) is 4.24. The number of amides is 1. The minimum atomic E-state index is -1.01. The highest BCUT2D eigenvalue weighted by Gasteiger charge is 2.43. The number of alkyl halides is 1. The van der Waals surface area contributed by atoms with Crippen molar-refractivity contribution in [3.05, 3.63) is 58.1 Å². The minimum absolute atomic E-state index is 0.0455. The normalized spacial score (nSPS) is 20.7. The Hall–Kier alpha value is -3.33. The zero-order valence-corrected chi connectivity index (χ0v) is 18.6. The number of fused-ring (bicyclic) bond motifs is 1. The number of nitrogens with one attached hydrogen (secondary N) is 2. The number of H-pyrrole nitrogens is 1. The Kier molecular flexibility index (Phi) is 5.80. The van der Waals surface area contributed by atoms with Gasteiger partial charge in [0.25, 0.3) is 5.56 Å². The molecule has 9 heteroatoms. The monoisotopic (exact) mass is 450 g/mol. The summed E-state index contributed by atoms with van der Waals surface area (Å²) >= 11 is 0. The summed E-state index contributed by atoms with van der Waals surface area (Å²) < 4.78 is 13.0. The molecule has 33 heavy (non-hydrogen) atoms. The van der Waals surface area contributed by atoms with E-state index in [2.05, 4.69) is 30.1 Å². The van der Waals surface area contributed by atoms with E-state index in [1.807, 2.05) is 31.3 Å². The molecular formula is C24H27FN6O2. The Bertz CT molecular complexity index is 1220. The summed E-state index contributed by atoms with van der Waals surface area (Å²) in [7, 11) is 0. The summed E-state index contributed by atoms with van der Waals surface area (Å²) in [5.41, 5.74) is 4.36. The molecule has 2 atom stereocenters. The third-order valence-electron chi connectivity index (χ3n) is 6.40. The molecule has 2 N–H and O–H groups in total. The molecule has 5 rings (SSSR count). The van der Waals surface area contributed by atoms with Crippen molar-refractivity contribution in [3.8, 4) is 0 Å². The molecule has 2 aliphatic rings. The molecule has 0 radical (unpaired) electrons. The Morgan fingerprint density at radius 3 is 2.64 bits per heavy atom. The first-order valence-electron chi connectivity index (χ1n) is 11.4. The number of aromatic nitrogens is 3. The second-order valence-corrected chi connectivity index (χ2v) is 8.77. The van der Waals surface area contributed by atoms with Crippen molar-refractivity contribution in [1.82, 2.24) is 19.9 Å². The number of pyridine rings is 3. The molecule has 172 valence electrons. The van der Waals surface area contributed by atoms with Crippen LogP contribution >= 0.6 is 0 Å². The Morgan fingerprint density at radius 2 is 1.97 bits per heavy atom. The van der Waals surface area contributed by atoms with E-state index in [1.165, 1.54) is 0 Å². The second-order valence-electron chi connectivity index (χ2n) is 8.77. The molecule has 0 unspecified atom stereocenters. The molecule has 1 aliphatic heterocycles. The number of piperazine rings is 1. The lowest BCUT2D eigenvalue weighted by Gasteiger charge is -2.36. The standard InChI is InChI=1S/C24H27FN6O2/c1-2-16-10-20-21(28-23(16)32)9-15(12-26-20)14-30-5-7-31(8-6-30)17-3-4-22(27-13-17)29-24(33)18-11-19(18)25/h3-4,9-10,12-13,18-19H,2,5-8,11,14H2,1H3,(H,28,32)(H,27,29,33)/t18-,19-/m1/s1. The zero-order valence-electron chi connectivity index (χ0n) is 18.6. The lowest BCUT2D eigenvalue weighted by atomic mass is 10.1. The van der Waals surface area contributed by atoms with E-state index in [1.54, 1.807) is 12.3 Å². The Morgan fingerprint density at radius 1 is 1.18 bits per heavy atom. The van der Waals surface area contributed by atoms with Gasteiger partial charge in [0.1, 0.15) is 12.0 Å². The number of aromatic amines is 1. The highest BCUT2D eigenvalue weighted by molar-refractivity contribution is 5.94. The number of halogens is 1. The first-order valence-corrected chi connectivity index (χ1v) is 11.4. The maximum atomic E-state index is 13.0.